The first-order chi connectivity index (χ1) is 24.2. The Morgan fingerprint density at radius 1 is 0.571 bits per heavy atom. The Kier molecular flexibility index (Phi) is 6.10. The molecule has 0 saturated heterocycles. The number of hydrogen-bond donors (Lipinski definition) is 0. The number of aromatic nitrogens is 3. The highest BCUT2D eigenvalue weighted by Gasteiger charge is 2.46. The van der Waals surface area contributed by atoms with Crippen molar-refractivity contribution in [2.45, 2.75) is 37.5 Å². The quantitative estimate of drug-likeness (QED) is 0.194. The lowest BCUT2D eigenvalue weighted by molar-refractivity contribution is 0.352. The summed E-state index contributed by atoms with van der Waals surface area (Å²) in [7, 11) is 0. The first-order valence-corrected chi connectivity index (χ1v) is 17.0. The minimum absolute atomic E-state index is 0.172. The molecule has 2 aromatic heterocycles. The van der Waals surface area contributed by atoms with Gasteiger partial charge in [0.2, 0.25) is 0 Å². The molecule has 5 nitrogen and oxygen atoms in total. The summed E-state index contributed by atoms with van der Waals surface area (Å²) in [5, 5.41) is 14.8. The maximum atomic E-state index is 10.3. The molecule has 8 aromatic rings. The van der Waals surface area contributed by atoms with Crippen LogP contribution in [-0.4, -0.2) is 15.0 Å². The van der Waals surface area contributed by atoms with E-state index in [-0.39, 0.29) is 5.41 Å². The van der Waals surface area contributed by atoms with E-state index in [9.17, 15) is 5.26 Å². The van der Waals surface area contributed by atoms with Crippen LogP contribution in [0.15, 0.2) is 126 Å². The topological polar surface area (TPSA) is 75.6 Å². The minimum Gasteiger partial charge on any atom is -0.456 e. The van der Waals surface area contributed by atoms with Gasteiger partial charge in [-0.1, -0.05) is 110 Å². The maximum Gasteiger partial charge on any atom is 0.164 e. The number of hydrogen-bond acceptors (Lipinski definition) is 5. The highest BCUT2D eigenvalue weighted by atomic mass is 16.3. The van der Waals surface area contributed by atoms with Crippen molar-refractivity contribution >= 4 is 32.7 Å². The van der Waals surface area contributed by atoms with Crippen molar-refractivity contribution in [2.24, 2.45) is 0 Å². The molecule has 232 valence electrons. The third-order valence-corrected chi connectivity index (χ3v) is 10.7. The van der Waals surface area contributed by atoms with Crippen molar-refractivity contribution in [1.82, 2.24) is 15.0 Å². The summed E-state index contributed by atoms with van der Waals surface area (Å²) < 4.78 is 6.28. The highest BCUT2D eigenvalue weighted by Crippen LogP contribution is 2.58. The Bertz CT molecular complexity index is 2670. The van der Waals surface area contributed by atoms with E-state index >= 15 is 0 Å². The van der Waals surface area contributed by atoms with Gasteiger partial charge in [0, 0.05) is 32.9 Å². The molecule has 0 bridgehead atoms. The van der Waals surface area contributed by atoms with E-state index in [0.29, 0.717) is 17.5 Å². The summed E-state index contributed by atoms with van der Waals surface area (Å²) in [5.74, 6) is 1.82. The van der Waals surface area contributed by atoms with Gasteiger partial charge in [0.05, 0.1) is 11.6 Å². The van der Waals surface area contributed by atoms with Crippen molar-refractivity contribution in [1.29, 1.82) is 5.26 Å². The molecule has 0 amide bonds. The lowest BCUT2D eigenvalue weighted by atomic mass is 9.67. The summed E-state index contributed by atoms with van der Waals surface area (Å²) in [6.45, 7) is 0. The van der Waals surface area contributed by atoms with Crippen LogP contribution in [-0.2, 0) is 5.41 Å². The molecule has 6 aromatic carbocycles. The van der Waals surface area contributed by atoms with E-state index in [0.717, 1.165) is 86.4 Å². The molecule has 0 N–H and O–H groups in total. The van der Waals surface area contributed by atoms with Gasteiger partial charge in [-0.15, -0.1) is 0 Å². The van der Waals surface area contributed by atoms with Crippen molar-refractivity contribution < 1.29 is 4.42 Å². The molecule has 0 aliphatic heterocycles. The molecule has 49 heavy (non-hydrogen) atoms. The van der Waals surface area contributed by atoms with Gasteiger partial charge in [-0.25, -0.2) is 15.0 Å². The van der Waals surface area contributed by atoms with E-state index in [4.69, 9.17) is 19.4 Å². The van der Waals surface area contributed by atoms with Crippen molar-refractivity contribution in [3.8, 4) is 51.4 Å². The Labute approximate surface area is 283 Å². The van der Waals surface area contributed by atoms with Gasteiger partial charge in [-0.2, -0.15) is 5.26 Å². The molecule has 0 unspecified atom stereocenters. The standard InChI is InChI=1S/C44H30N4O/c45-26-31-12-8-14-34-39-35(15-9-16-36(39)44(40(31)34)22-6-1-7-23-44)43-47-41(29-19-18-27-10-2-3-11-28(27)24-29)46-42(48-43)30-20-21-33-32-13-4-5-17-37(32)49-38(33)25-30/h2-5,8-21,24-25H,1,6-7,22-23H2. The van der Waals surface area contributed by atoms with E-state index in [1.807, 2.05) is 36.4 Å². The molecule has 0 radical (unpaired) electrons. The zero-order valence-electron chi connectivity index (χ0n) is 26.8. The van der Waals surface area contributed by atoms with Crippen LogP contribution in [0, 0.1) is 11.3 Å². The Hall–Kier alpha value is -6.12. The molecular formula is C44H30N4O. The third-order valence-electron chi connectivity index (χ3n) is 10.7. The molecule has 0 atom stereocenters. The van der Waals surface area contributed by atoms with Crippen LogP contribution in [0.5, 0.6) is 0 Å². The molecule has 2 heterocycles. The van der Waals surface area contributed by atoms with E-state index in [2.05, 4.69) is 91.0 Å². The van der Waals surface area contributed by atoms with Crippen molar-refractivity contribution in [2.75, 3.05) is 0 Å². The highest BCUT2D eigenvalue weighted by molar-refractivity contribution is 6.05. The zero-order valence-corrected chi connectivity index (χ0v) is 26.8. The van der Waals surface area contributed by atoms with Crippen LogP contribution >= 0.6 is 0 Å². The van der Waals surface area contributed by atoms with Gasteiger partial charge in [-0.3, -0.25) is 0 Å². The molecule has 5 heteroatoms. The number of furan rings is 1. The Morgan fingerprint density at radius 3 is 2.12 bits per heavy atom. The second-order valence-corrected chi connectivity index (χ2v) is 13.4. The number of nitriles is 1. The summed E-state index contributed by atoms with van der Waals surface area (Å²) in [5.41, 5.74) is 9.75. The molecule has 2 aliphatic carbocycles. The lowest BCUT2D eigenvalue weighted by Gasteiger charge is -2.36. The van der Waals surface area contributed by atoms with Gasteiger partial charge < -0.3 is 4.42 Å². The Balaban J connectivity index is 1.23. The smallest absolute Gasteiger partial charge is 0.164 e. The number of rotatable bonds is 3. The predicted octanol–water partition coefficient (Wildman–Crippen LogP) is 11.0. The fourth-order valence-corrected chi connectivity index (χ4v) is 8.55. The van der Waals surface area contributed by atoms with Gasteiger partial charge in [0.25, 0.3) is 0 Å². The van der Waals surface area contributed by atoms with Gasteiger partial charge in [-0.05, 0) is 76.2 Å². The largest absolute Gasteiger partial charge is 0.456 e. The van der Waals surface area contributed by atoms with Crippen LogP contribution in [0.1, 0.15) is 48.8 Å². The average Bonchev–Trinajstić information content (AvgIpc) is 3.67. The number of nitrogens with zero attached hydrogens (tertiary/aromatic N) is 4. The first kappa shape index (κ1) is 27.9. The fraction of sp³-hybridized carbons (Fsp3) is 0.136. The molecule has 10 rings (SSSR count). The van der Waals surface area contributed by atoms with Gasteiger partial charge >= 0.3 is 0 Å². The average molecular weight is 631 g/mol. The summed E-state index contributed by atoms with van der Waals surface area (Å²) >= 11 is 0. The summed E-state index contributed by atoms with van der Waals surface area (Å²) in [4.78, 5) is 15.5. The van der Waals surface area contributed by atoms with Crippen LogP contribution in [0.3, 0.4) is 0 Å². The minimum atomic E-state index is -0.172. The SMILES string of the molecule is N#Cc1cccc2c1C1(CCCCC1)c1cccc(-c3nc(-c4ccc5ccccc5c4)nc(-c4ccc5c(c4)oc4ccccc45)n3)c1-2. The fourth-order valence-electron chi connectivity index (χ4n) is 8.55. The van der Waals surface area contributed by atoms with Crippen LogP contribution in [0.25, 0.3) is 78.0 Å². The normalized spacial score (nSPS) is 14.7. The van der Waals surface area contributed by atoms with Crippen molar-refractivity contribution in [3.05, 3.63) is 138 Å². The summed E-state index contributed by atoms with van der Waals surface area (Å²) in [6.07, 6.45) is 5.60. The second-order valence-electron chi connectivity index (χ2n) is 13.4. The second kappa shape index (κ2) is 10.7. The van der Waals surface area contributed by atoms with Crippen LogP contribution in [0.4, 0.5) is 0 Å². The molecular weight excluding hydrogens is 601 g/mol. The number of benzene rings is 6. The molecule has 2 aliphatic rings. The van der Waals surface area contributed by atoms with Crippen LogP contribution < -0.4 is 0 Å². The lowest BCUT2D eigenvalue weighted by Crippen LogP contribution is -2.29. The summed E-state index contributed by atoms with van der Waals surface area (Å²) in [6, 6.07) is 44.3. The van der Waals surface area contributed by atoms with Crippen molar-refractivity contribution in [3.63, 3.8) is 0 Å². The zero-order chi connectivity index (χ0) is 32.5. The molecule has 1 fully saturated rings. The van der Waals surface area contributed by atoms with E-state index in [1.54, 1.807) is 0 Å². The maximum absolute atomic E-state index is 10.3. The first-order valence-electron chi connectivity index (χ1n) is 17.0. The van der Waals surface area contributed by atoms with Gasteiger partial charge in [0.15, 0.2) is 17.5 Å². The molecule has 1 saturated carbocycles. The number of para-hydroxylation sites is 1. The predicted molar refractivity (Wildman–Crippen MR) is 195 cm³/mol. The Morgan fingerprint density at radius 2 is 1.27 bits per heavy atom. The third kappa shape index (κ3) is 4.20. The number of fused-ring (bicyclic) bond motifs is 9. The van der Waals surface area contributed by atoms with E-state index in [1.165, 1.54) is 22.9 Å². The van der Waals surface area contributed by atoms with Crippen LogP contribution in [0.2, 0.25) is 0 Å². The van der Waals surface area contributed by atoms with E-state index < -0.39 is 0 Å². The molecule has 1 spiro atoms. The van der Waals surface area contributed by atoms with Gasteiger partial charge in [0.1, 0.15) is 11.2 Å². The monoisotopic (exact) mass is 630 g/mol.